The van der Waals surface area contributed by atoms with Gasteiger partial charge in [-0.25, -0.2) is 0 Å². The van der Waals surface area contributed by atoms with E-state index in [1.54, 1.807) is 0 Å². The Morgan fingerprint density at radius 2 is 1.77 bits per heavy atom. The molecule has 0 spiro atoms. The van der Waals surface area contributed by atoms with Gasteiger partial charge < -0.3 is 0 Å². The van der Waals surface area contributed by atoms with Crippen LogP contribution in [-0.4, -0.2) is 15.4 Å². The van der Waals surface area contributed by atoms with Crippen molar-refractivity contribution in [1.29, 1.82) is 0 Å². The summed E-state index contributed by atoms with van der Waals surface area (Å²) in [5, 5.41) is 11.1. The van der Waals surface area contributed by atoms with Gasteiger partial charge in [0.25, 0.3) is 0 Å². The first kappa shape index (κ1) is 9.71. The van der Waals surface area contributed by atoms with Gasteiger partial charge in [0.05, 0.1) is 19.0 Å². The average molecular weight is 346 g/mol. The molecule has 1 aromatic heterocycles. The summed E-state index contributed by atoms with van der Waals surface area (Å²) in [5.74, 6) is 0. The lowest BCUT2D eigenvalue weighted by Crippen LogP contribution is -1.80. The van der Waals surface area contributed by atoms with Crippen LogP contribution in [0.5, 0.6) is 0 Å². The SMILES string of the molecule is Clc1c(Br)c(Cl)c2[nH]nnc2c1Br. The summed E-state index contributed by atoms with van der Waals surface area (Å²) in [7, 11) is 0. The fourth-order valence-electron chi connectivity index (χ4n) is 0.941. The summed E-state index contributed by atoms with van der Waals surface area (Å²) in [5.41, 5.74) is 1.28. The fraction of sp³-hybridized carbons (Fsp3) is 0. The minimum absolute atomic E-state index is 0.480. The number of nitrogens with one attached hydrogen (secondary N) is 1. The Kier molecular flexibility index (Phi) is 2.53. The van der Waals surface area contributed by atoms with Crippen LogP contribution in [-0.2, 0) is 0 Å². The number of H-pyrrole nitrogens is 1. The minimum Gasteiger partial charge on any atom is -0.256 e. The lowest BCUT2D eigenvalue weighted by molar-refractivity contribution is 0.959. The molecule has 1 heterocycles. The van der Waals surface area contributed by atoms with Crippen molar-refractivity contribution in [3.63, 3.8) is 0 Å². The van der Waals surface area contributed by atoms with E-state index in [1.807, 2.05) is 0 Å². The summed E-state index contributed by atoms with van der Waals surface area (Å²) < 4.78 is 1.30. The van der Waals surface area contributed by atoms with Gasteiger partial charge in [0.2, 0.25) is 0 Å². The second-order valence-electron chi connectivity index (χ2n) is 2.29. The molecule has 2 aromatic rings. The van der Waals surface area contributed by atoms with Gasteiger partial charge in [-0.1, -0.05) is 28.4 Å². The Morgan fingerprint density at radius 3 is 2.46 bits per heavy atom. The third-order valence-electron chi connectivity index (χ3n) is 1.55. The van der Waals surface area contributed by atoms with Gasteiger partial charge in [-0.05, 0) is 31.9 Å². The predicted molar refractivity (Wildman–Crippen MR) is 59.3 cm³/mol. The number of aromatic nitrogens is 3. The highest BCUT2D eigenvalue weighted by Crippen LogP contribution is 2.41. The van der Waals surface area contributed by atoms with E-state index in [2.05, 4.69) is 47.3 Å². The molecule has 1 aromatic carbocycles. The summed E-state index contributed by atoms with van der Waals surface area (Å²) in [6, 6.07) is 0. The molecule has 68 valence electrons. The molecule has 0 saturated heterocycles. The molecule has 0 atom stereocenters. The molecule has 0 bridgehead atoms. The van der Waals surface area contributed by atoms with E-state index in [9.17, 15) is 0 Å². The van der Waals surface area contributed by atoms with Crippen molar-refractivity contribution in [3.8, 4) is 0 Å². The minimum atomic E-state index is 0.480. The van der Waals surface area contributed by atoms with Crippen LogP contribution >= 0.6 is 55.1 Å². The highest BCUT2D eigenvalue weighted by Gasteiger charge is 2.16. The summed E-state index contributed by atoms with van der Waals surface area (Å²) in [6.45, 7) is 0. The third-order valence-corrected chi connectivity index (χ3v) is 4.56. The first-order valence-electron chi connectivity index (χ1n) is 3.15. The topological polar surface area (TPSA) is 41.6 Å². The van der Waals surface area contributed by atoms with Crippen LogP contribution < -0.4 is 0 Å². The van der Waals surface area contributed by atoms with Gasteiger partial charge in [0.1, 0.15) is 11.0 Å². The van der Waals surface area contributed by atoms with E-state index in [0.717, 1.165) is 0 Å². The molecular weight excluding hydrogens is 345 g/mol. The molecule has 2 rings (SSSR count). The average Bonchev–Trinajstić information content (AvgIpc) is 2.59. The number of aromatic amines is 1. The Bertz CT molecular complexity index is 440. The first-order chi connectivity index (χ1) is 6.13. The molecule has 0 fully saturated rings. The zero-order valence-corrected chi connectivity index (χ0v) is 10.6. The maximum Gasteiger partial charge on any atom is 0.130 e. The molecule has 0 saturated carbocycles. The number of rotatable bonds is 0. The molecule has 7 heteroatoms. The van der Waals surface area contributed by atoms with Crippen LogP contribution in [0.3, 0.4) is 0 Å². The van der Waals surface area contributed by atoms with Crippen LogP contribution in [0.4, 0.5) is 0 Å². The molecule has 0 unspecified atom stereocenters. The van der Waals surface area contributed by atoms with Gasteiger partial charge in [-0.3, -0.25) is 5.10 Å². The Hall–Kier alpha value is 0.160. The summed E-state index contributed by atoms with van der Waals surface area (Å²) in [4.78, 5) is 0. The molecule has 3 nitrogen and oxygen atoms in total. The molecule has 0 aliphatic heterocycles. The van der Waals surface area contributed by atoms with E-state index in [4.69, 9.17) is 23.2 Å². The number of halogens is 4. The van der Waals surface area contributed by atoms with Crippen LogP contribution in [0.25, 0.3) is 11.0 Å². The zero-order chi connectivity index (χ0) is 9.59. The van der Waals surface area contributed by atoms with Gasteiger partial charge >= 0.3 is 0 Å². The quantitative estimate of drug-likeness (QED) is 0.583. The molecule has 13 heavy (non-hydrogen) atoms. The normalized spacial score (nSPS) is 11.1. The summed E-state index contributed by atoms with van der Waals surface area (Å²) >= 11 is 18.5. The number of fused-ring (bicyclic) bond motifs is 1. The van der Waals surface area contributed by atoms with Gasteiger partial charge in [0, 0.05) is 0 Å². The van der Waals surface area contributed by atoms with E-state index in [-0.39, 0.29) is 0 Å². The molecule has 0 aliphatic carbocycles. The fourth-order valence-corrected chi connectivity index (χ4v) is 2.54. The highest BCUT2D eigenvalue weighted by molar-refractivity contribution is 9.11. The number of nitrogens with zero attached hydrogens (tertiary/aromatic N) is 2. The second kappa shape index (κ2) is 3.38. The maximum absolute atomic E-state index is 5.98. The van der Waals surface area contributed by atoms with E-state index in [0.29, 0.717) is 30.0 Å². The second-order valence-corrected chi connectivity index (χ2v) is 4.63. The molecule has 0 radical (unpaired) electrons. The third kappa shape index (κ3) is 1.38. The standard InChI is InChI=1S/C6HBr2Cl2N3/c7-1-3(9)2(8)5-6(4(1)10)12-13-11-5/h(H,11,12,13). The summed E-state index contributed by atoms with van der Waals surface area (Å²) in [6.07, 6.45) is 0. The number of hydrogen-bond acceptors (Lipinski definition) is 2. The Balaban J connectivity index is 3.02. The Morgan fingerprint density at radius 1 is 1.08 bits per heavy atom. The molecule has 0 aliphatic rings. The van der Waals surface area contributed by atoms with Gasteiger partial charge in [-0.2, -0.15) is 0 Å². The van der Waals surface area contributed by atoms with Crippen LogP contribution in [0.15, 0.2) is 8.95 Å². The van der Waals surface area contributed by atoms with Crippen molar-refractivity contribution >= 4 is 66.1 Å². The highest BCUT2D eigenvalue weighted by atomic mass is 79.9. The first-order valence-corrected chi connectivity index (χ1v) is 5.50. The lowest BCUT2D eigenvalue weighted by atomic mass is 10.3. The van der Waals surface area contributed by atoms with Gasteiger partial charge in [-0.15, -0.1) is 5.10 Å². The van der Waals surface area contributed by atoms with Crippen LogP contribution in [0, 0.1) is 0 Å². The molecule has 1 N–H and O–H groups in total. The van der Waals surface area contributed by atoms with Crippen molar-refractivity contribution in [2.75, 3.05) is 0 Å². The van der Waals surface area contributed by atoms with Crippen molar-refractivity contribution in [3.05, 3.63) is 19.0 Å². The predicted octanol–water partition coefficient (Wildman–Crippen LogP) is 3.79. The van der Waals surface area contributed by atoms with E-state index in [1.165, 1.54) is 0 Å². The Labute approximate surface area is 100 Å². The van der Waals surface area contributed by atoms with Crippen molar-refractivity contribution in [2.45, 2.75) is 0 Å². The zero-order valence-electron chi connectivity index (χ0n) is 5.91. The number of hydrogen-bond donors (Lipinski definition) is 1. The van der Waals surface area contributed by atoms with Crippen molar-refractivity contribution < 1.29 is 0 Å². The van der Waals surface area contributed by atoms with Gasteiger partial charge in [0.15, 0.2) is 0 Å². The van der Waals surface area contributed by atoms with Crippen LogP contribution in [0.1, 0.15) is 0 Å². The lowest BCUT2D eigenvalue weighted by Gasteiger charge is -2.02. The van der Waals surface area contributed by atoms with Crippen molar-refractivity contribution in [1.82, 2.24) is 15.4 Å². The van der Waals surface area contributed by atoms with Crippen LogP contribution in [0.2, 0.25) is 10.0 Å². The number of benzene rings is 1. The molecule has 0 amide bonds. The monoisotopic (exact) mass is 343 g/mol. The molecular formula is C6HBr2Cl2N3. The smallest absolute Gasteiger partial charge is 0.130 e. The van der Waals surface area contributed by atoms with Crippen molar-refractivity contribution in [2.24, 2.45) is 0 Å². The van der Waals surface area contributed by atoms with E-state index >= 15 is 0 Å². The maximum atomic E-state index is 5.98. The largest absolute Gasteiger partial charge is 0.256 e. The van der Waals surface area contributed by atoms with E-state index < -0.39 is 0 Å².